The topological polar surface area (TPSA) is 84.2 Å². The van der Waals surface area contributed by atoms with E-state index in [0.717, 1.165) is 35.5 Å². The van der Waals surface area contributed by atoms with E-state index in [9.17, 15) is 9.59 Å². The monoisotopic (exact) mass is 349 g/mol. The molecule has 0 aliphatic carbocycles. The fourth-order valence-corrected chi connectivity index (χ4v) is 3.03. The number of fused-ring (bicyclic) bond motifs is 1. The highest BCUT2D eigenvalue weighted by molar-refractivity contribution is 7.97. The largest absolute Gasteiger partial charge is 0.481 e. The average molecular weight is 349 g/mol. The molecule has 2 aromatic rings. The molecule has 24 heavy (non-hydrogen) atoms. The molecule has 1 aromatic heterocycles. The van der Waals surface area contributed by atoms with Crippen molar-refractivity contribution in [2.24, 2.45) is 0 Å². The molecule has 0 radical (unpaired) electrons. The number of carbonyl (C=O) groups is 2. The van der Waals surface area contributed by atoms with Gasteiger partial charge in [-0.25, -0.2) is 4.98 Å². The minimum Gasteiger partial charge on any atom is -0.481 e. The molecule has 0 aliphatic rings. The SMILES string of the molecule is CSCc1nc2ccccc2n1CC(=O)NCCCCCC(=O)O. The normalized spacial score (nSPS) is 10.9. The third-order valence-electron chi connectivity index (χ3n) is 3.70. The van der Waals surface area contributed by atoms with Crippen molar-refractivity contribution in [2.75, 3.05) is 12.8 Å². The van der Waals surface area contributed by atoms with Crippen molar-refractivity contribution in [2.45, 2.75) is 38.0 Å². The number of nitrogens with zero attached hydrogens (tertiary/aromatic N) is 2. The maximum atomic E-state index is 12.2. The van der Waals surface area contributed by atoms with Crippen LogP contribution < -0.4 is 5.32 Å². The fourth-order valence-electron chi connectivity index (χ4n) is 2.55. The van der Waals surface area contributed by atoms with Gasteiger partial charge in [-0.2, -0.15) is 11.8 Å². The molecule has 0 saturated carbocycles. The molecule has 0 fully saturated rings. The zero-order valence-electron chi connectivity index (χ0n) is 13.8. The summed E-state index contributed by atoms with van der Waals surface area (Å²) in [5.41, 5.74) is 1.88. The van der Waals surface area contributed by atoms with E-state index in [0.29, 0.717) is 13.0 Å². The smallest absolute Gasteiger partial charge is 0.303 e. The second-order valence-corrected chi connectivity index (χ2v) is 6.46. The van der Waals surface area contributed by atoms with Gasteiger partial charge in [0.05, 0.1) is 16.8 Å². The van der Waals surface area contributed by atoms with E-state index >= 15 is 0 Å². The van der Waals surface area contributed by atoms with Crippen LogP contribution in [0.25, 0.3) is 11.0 Å². The number of hydrogen-bond acceptors (Lipinski definition) is 4. The van der Waals surface area contributed by atoms with E-state index in [1.54, 1.807) is 11.8 Å². The number of carbonyl (C=O) groups excluding carboxylic acids is 1. The van der Waals surface area contributed by atoms with Crippen LogP contribution >= 0.6 is 11.8 Å². The molecule has 0 unspecified atom stereocenters. The molecule has 2 N–H and O–H groups in total. The quantitative estimate of drug-likeness (QED) is 0.644. The van der Waals surface area contributed by atoms with E-state index in [1.807, 2.05) is 35.1 Å². The zero-order valence-corrected chi connectivity index (χ0v) is 14.6. The van der Waals surface area contributed by atoms with Crippen molar-refractivity contribution in [3.63, 3.8) is 0 Å². The van der Waals surface area contributed by atoms with Gasteiger partial charge in [-0.15, -0.1) is 0 Å². The number of carboxylic acids is 1. The van der Waals surface area contributed by atoms with Crippen molar-refractivity contribution in [1.82, 2.24) is 14.9 Å². The highest BCUT2D eigenvalue weighted by Gasteiger charge is 2.12. The number of imidazole rings is 1. The van der Waals surface area contributed by atoms with E-state index < -0.39 is 5.97 Å². The van der Waals surface area contributed by atoms with Crippen LogP contribution in [0.3, 0.4) is 0 Å². The lowest BCUT2D eigenvalue weighted by atomic mass is 10.2. The number of para-hydroxylation sites is 2. The molecule has 0 aliphatic heterocycles. The number of amides is 1. The van der Waals surface area contributed by atoms with Crippen LogP contribution in [0.2, 0.25) is 0 Å². The third-order valence-corrected chi connectivity index (χ3v) is 4.25. The van der Waals surface area contributed by atoms with Crippen LogP contribution in [-0.4, -0.2) is 39.3 Å². The Balaban J connectivity index is 1.88. The molecule has 0 spiro atoms. The summed E-state index contributed by atoms with van der Waals surface area (Å²) < 4.78 is 1.96. The summed E-state index contributed by atoms with van der Waals surface area (Å²) >= 11 is 1.68. The molecule has 0 atom stereocenters. The predicted octanol–water partition coefficient (Wildman–Crippen LogP) is 2.66. The van der Waals surface area contributed by atoms with Gasteiger partial charge in [0.1, 0.15) is 12.4 Å². The molecule has 0 bridgehead atoms. The number of aliphatic carboxylic acids is 1. The second-order valence-electron chi connectivity index (χ2n) is 5.59. The van der Waals surface area contributed by atoms with Crippen molar-refractivity contribution < 1.29 is 14.7 Å². The number of thioether (sulfide) groups is 1. The number of nitrogens with one attached hydrogen (secondary N) is 1. The Bertz CT molecular complexity index is 699. The number of benzene rings is 1. The first-order chi connectivity index (χ1) is 11.6. The van der Waals surface area contributed by atoms with E-state index in [1.165, 1.54) is 0 Å². The highest BCUT2D eigenvalue weighted by Crippen LogP contribution is 2.18. The lowest BCUT2D eigenvalue weighted by Crippen LogP contribution is -2.29. The predicted molar refractivity (Wildman–Crippen MR) is 96.1 cm³/mol. The lowest BCUT2D eigenvalue weighted by molar-refractivity contribution is -0.137. The molecule has 1 heterocycles. The number of hydrogen-bond donors (Lipinski definition) is 2. The molecular weight excluding hydrogens is 326 g/mol. The average Bonchev–Trinajstić information content (AvgIpc) is 2.89. The summed E-state index contributed by atoms with van der Waals surface area (Å²) in [5, 5.41) is 11.5. The lowest BCUT2D eigenvalue weighted by Gasteiger charge is -2.09. The van der Waals surface area contributed by atoms with Gasteiger partial charge in [0.15, 0.2) is 0 Å². The molecule has 2 rings (SSSR count). The Morgan fingerprint density at radius 3 is 2.79 bits per heavy atom. The summed E-state index contributed by atoms with van der Waals surface area (Å²) in [7, 11) is 0. The minimum absolute atomic E-state index is 0.0428. The van der Waals surface area contributed by atoms with E-state index in [2.05, 4.69) is 10.3 Å². The van der Waals surface area contributed by atoms with Gasteiger partial charge >= 0.3 is 5.97 Å². The highest BCUT2D eigenvalue weighted by atomic mass is 32.2. The Hall–Kier alpha value is -2.02. The maximum absolute atomic E-state index is 12.2. The van der Waals surface area contributed by atoms with Gasteiger partial charge in [0.25, 0.3) is 0 Å². The summed E-state index contributed by atoms with van der Waals surface area (Å²) in [6, 6.07) is 7.82. The second kappa shape index (κ2) is 9.32. The van der Waals surface area contributed by atoms with Crippen LogP contribution in [0.4, 0.5) is 0 Å². The van der Waals surface area contributed by atoms with Crippen molar-refractivity contribution in [3.8, 4) is 0 Å². The number of rotatable bonds is 10. The van der Waals surface area contributed by atoms with Crippen LogP contribution in [-0.2, 0) is 21.9 Å². The van der Waals surface area contributed by atoms with Gasteiger partial charge in [-0.3, -0.25) is 9.59 Å². The van der Waals surface area contributed by atoms with Gasteiger partial charge in [0.2, 0.25) is 5.91 Å². The first-order valence-corrected chi connectivity index (χ1v) is 9.42. The Morgan fingerprint density at radius 1 is 1.25 bits per heavy atom. The van der Waals surface area contributed by atoms with Crippen LogP contribution in [0.5, 0.6) is 0 Å². The van der Waals surface area contributed by atoms with Crippen LogP contribution in [0, 0.1) is 0 Å². The van der Waals surface area contributed by atoms with Gasteiger partial charge in [0, 0.05) is 13.0 Å². The molecular formula is C17H23N3O3S. The van der Waals surface area contributed by atoms with Crippen LogP contribution in [0.1, 0.15) is 31.5 Å². The summed E-state index contributed by atoms with van der Waals surface area (Å²) in [6.07, 6.45) is 4.45. The molecule has 1 aromatic carbocycles. The van der Waals surface area contributed by atoms with Gasteiger partial charge in [-0.05, 0) is 31.2 Å². The van der Waals surface area contributed by atoms with Crippen LogP contribution in [0.15, 0.2) is 24.3 Å². The summed E-state index contributed by atoms with van der Waals surface area (Å²) in [6.45, 7) is 0.828. The van der Waals surface area contributed by atoms with Gasteiger partial charge < -0.3 is 15.0 Å². The Kier molecular flexibility index (Phi) is 7.11. The van der Waals surface area contributed by atoms with E-state index in [-0.39, 0.29) is 18.9 Å². The molecule has 7 heteroatoms. The molecule has 0 saturated heterocycles. The van der Waals surface area contributed by atoms with Crippen molar-refractivity contribution >= 4 is 34.7 Å². The minimum atomic E-state index is -0.771. The van der Waals surface area contributed by atoms with Crippen molar-refractivity contribution in [1.29, 1.82) is 0 Å². The van der Waals surface area contributed by atoms with Crippen molar-refractivity contribution in [3.05, 3.63) is 30.1 Å². The number of unbranched alkanes of at least 4 members (excludes halogenated alkanes) is 2. The number of aromatic nitrogens is 2. The molecule has 1 amide bonds. The Morgan fingerprint density at radius 2 is 2.04 bits per heavy atom. The maximum Gasteiger partial charge on any atom is 0.303 e. The van der Waals surface area contributed by atoms with Gasteiger partial charge in [-0.1, -0.05) is 18.6 Å². The third kappa shape index (κ3) is 5.26. The zero-order chi connectivity index (χ0) is 17.4. The standard InChI is InChI=1S/C17H23N3O3S/c1-24-12-15-19-13-7-4-5-8-14(13)20(15)11-16(21)18-10-6-2-3-9-17(22)23/h4-5,7-8H,2-3,6,9-12H2,1H3,(H,18,21)(H,22,23). The summed E-state index contributed by atoms with van der Waals surface area (Å²) in [4.78, 5) is 27.2. The first kappa shape index (κ1) is 18.3. The fraction of sp³-hybridized carbons (Fsp3) is 0.471. The molecule has 6 nitrogen and oxygen atoms in total. The van der Waals surface area contributed by atoms with E-state index in [4.69, 9.17) is 5.11 Å². The Labute approximate surface area is 145 Å². The molecule has 130 valence electrons. The summed E-state index contributed by atoms with van der Waals surface area (Å²) in [5.74, 6) is 0.850. The number of carboxylic acid groups (broad SMARTS) is 1. The first-order valence-electron chi connectivity index (χ1n) is 8.03.